The third-order valence-electron chi connectivity index (χ3n) is 8.26. The maximum atomic E-state index is 8.07. The minimum Gasteiger partial charge on any atom is -0.503 e. The van der Waals surface area contributed by atoms with Crippen LogP contribution >= 0.6 is 0 Å². The Hall–Kier alpha value is -5.29. The molecule has 0 saturated carbocycles. The van der Waals surface area contributed by atoms with Gasteiger partial charge < -0.3 is 19.4 Å². The third-order valence-corrected chi connectivity index (χ3v) is 8.26. The molecule has 48 heavy (non-hydrogen) atoms. The van der Waals surface area contributed by atoms with Crippen LogP contribution in [0.4, 0.5) is 0 Å². The molecule has 2 aromatic heterocycles. The van der Waals surface area contributed by atoms with Gasteiger partial charge in [0.1, 0.15) is 17.2 Å². The molecule has 233 valence electrons. The minimum absolute atomic E-state index is 0. The van der Waals surface area contributed by atoms with E-state index < -0.39 is 13.7 Å². The summed E-state index contributed by atoms with van der Waals surface area (Å²) >= 11 is 0. The zero-order chi connectivity index (χ0) is 36.7. The summed E-state index contributed by atoms with van der Waals surface area (Å²) in [5.41, 5.74) is 7.84. The van der Waals surface area contributed by atoms with E-state index in [0.717, 1.165) is 50.5 Å². The van der Waals surface area contributed by atoms with E-state index in [1.165, 1.54) is 12.4 Å². The van der Waals surface area contributed by atoms with Gasteiger partial charge in [-0.2, -0.15) is 0 Å². The number of hydrogen-bond acceptors (Lipinski definition) is 4. The predicted molar refractivity (Wildman–Crippen MR) is 190 cm³/mol. The summed E-state index contributed by atoms with van der Waals surface area (Å²) in [6.45, 7) is -4.45. The molecular weight excluding hydrogens is 768 g/mol. The average molecular weight is 803 g/mol. The molecule has 0 bridgehead atoms. The largest absolute Gasteiger partial charge is 0.503 e. The van der Waals surface area contributed by atoms with Gasteiger partial charge in [0.25, 0.3) is 0 Å². The molecule has 1 radical (unpaired) electrons. The summed E-state index contributed by atoms with van der Waals surface area (Å²) in [6.07, 6.45) is 2.85. The van der Waals surface area contributed by atoms with Gasteiger partial charge in [0.15, 0.2) is 0 Å². The number of hydrogen-bond donors (Lipinski definition) is 0. The van der Waals surface area contributed by atoms with Crippen LogP contribution in [0.3, 0.4) is 0 Å². The number of pyridine rings is 2. The second-order valence-corrected chi connectivity index (χ2v) is 11.2. The van der Waals surface area contributed by atoms with Crippen molar-refractivity contribution in [3.05, 3.63) is 163 Å². The molecule has 0 unspecified atom stereocenters. The molecule has 0 aliphatic carbocycles. The van der Waals surface area contributed by atoms with Gasteiger partial charge in [-0.15, -0.1) is 59.6 Å². The van der Waals surface area contributed by atoms with Crippen molar-refractivity contribution >= 4 is 23.1 Å². The van der Waals surface area contributed by atoms with Crippen LogP contribution in [-0.2, 0) is 20.1 Å². The molecule has 5 aromatic carbocycles. The monoisotopic (exact) mass is 803 g/mol. The molecule has 0 atom stereocenters. The van der Waals surface area contributed by atoms with Crippen LogP contribution < -0.4 is 25.9 Å². The molecule has 6 heteroatoms. The number of aryl methyl sites for hydroxylation is 2. The van der Waals surface area contributed by atoms with E-state index in [2.05, 4.69) is 28.2 Å². The van der Waals surface area contributed by atoms with Crippen LogP contribution in [0.25, 0.3) is 33.6 Å². The first kappa shape index (κ1) is 24.8. The summed E-state index contributed by atoms with van der Waals surface area (Å²) in [4.78, 5) is 8.72. The van der Waals surface area contributed by atoms with Crippen molar-refractivity contribution in [2.45, 2.75) is 13.7 Å². The normalized spacial score (nSPS) is 14.0. The topological polar surface area (TPSA) is 44.2 Å². The van der Waals surface area contributed by atoms with Crippen molar-refractivity contribution in [1.82, 2.24) is 9.97 Å². The van der Waals surface area contributed by atoms with Crippen LogP contribution in [0.15, 0.2) is 140 Å². The summed E-state index contributed by atoms with van der Waals surface area (Å²) in [5, 5.41) is 0. The Morgan fingerprint density at radius 3 is 2.23 bits per heavy atom. The summed E-state index contributed by atoms with van der Waals surface area (Å²) in [5.74, 6) is 3.01. The number of para-hydroxylation sites is 1. The van der Waals surface area contributed by atoms with Gasteiger partial charge >= 0.3 is 0 Å². The van der Waals surface area contributed by atoms with E-state index in [9.17, 15) is 0 Å². The molecule has 2 aliphatic heterocycles. The van der Waals surface area contributed by atoms with Gasteiger partial charge in [-0.05, 0) is 71.0 Å². The van der Waals surface area contributed by atoms with Gasteiger partial charge in [0.2, 0.25) is 6.71 Å². The van der Waals surface area contributed by atoms with E-state index in [4.69, 9.17) is 17.7 Å². The Balaban J connectivity index is 0.000000223. The second-order valence-electron chi connectivity index (χ2n) is 11.2. The Kier molecular flexibility index (Phi) is 6.95. The number of nitrogens with zero attached hydrogens (tertiary/aromatic N) is 2. The first-order valence-electron chi connectivity index (χ1n) is 18.2. The molecule has 2 aliphatic rings. The second kappa shape index (κ2) is 13.4. The first-order chi connectivity index (χ1) is 25.6. The van der Waals surface area contributed by atoms with E-state index in [1.807, 2.05) is 103 Å². The molecular formula is C42H29BIrN2O2-2. The van der Waals surface area contributed by atoms with Crippen LogP contribution in [0.5, 0.6) is 23.0 Å². The van der Waals surface area contributed by atoms with Crippen LogP contribution in [0.2, 0.25) is 0 Å². The minimum atomic E-state index is -2.30. The average Bonchev–Trinajstić information content (AvgIpc) is 3.18. The van der Waals surface area contributed by atoms with Crippen LogP contribution in [-0.4, -0.2) is 16.7 Å². The van der Waals surface area contributed by atoms with Gasteiger partial charge in [-0.1, -0.05) is 78.4 Å². The number of ether oxygens (including phenoxy) is 2. The molecule has 9 rings (SSSR count). The number of fused-ring (bicyclic) bond motifs is 4. The smallest absolute Gasteiger partial charge is 0.241 e. The standard InChI is InChI=1S/C30H19BNO2.C12H10N.Ir/c1-19-18-32-25(17-22(19)20-9-3-2-4-10-20)21-11-7-13-24-30(21)34-28-16-8-15-27-29(28)31(24)23-12-5-6-14-26(23)33-27;1-10-7-8-12(13-9-10)11-5-3-2-4-6-11;/h2-10,12-18H,1H3;2-5,7-9H,1H3;/q2*-1;/i2*1D3;. The van der Waals surface area contributed by atoms with Crippen molar-refractivity contribution in [2.75, 3.05) is 0 Å². The molecule has 0 amide bonds. The fourth-order valence-electron chi connectivity index (χ4n) is 6.09. The van der Waals surface area contributed by atoms with Gasteiger partial charge in [-0.25, -0.2) is 0 Å². The van der Waals surface area contributed by atoms with E-state index >= 15 is 0 Å². The summed E-state index contributed by atoms with van der Waals surface area (Å²) in [7, 11) is 0. The van der Waals surface area contributed by atoms with Crippen molar-refractivity contribution in [2.24, 2.45) is 0 Å². The quantitative estimate of drug-likeness (QED) is 0.134. The zero-order valence-electron chi connectivity index (χ0n) is 31.4. The van der Waals surface area contributed by atoms with Crippen molar-refractivity contribution < 1.29 is 37.8 Å². The third kappa shape index (κ3) is 5.86. The fraction of sp³-hybridized carbons (Fsp3) is 0.0476. The Morgan fingerprint density at radius 1 is 0.646 bits per heavy atom. The van der Waals surface area contributed by atoms with Gasteiger partial charge in [-0.3, -0.25) is 0 Å². The van der Waals surface area contributed by atoms with Crippen molar-refractivity contribution in [1.29, 1.82) is 0 Å². The summed E-state index contributed by atoms with van der Waals surface area (Å²) < 4.78 is 58.6. The van der Waals surface area contributed by atoms with Gasteiger partial charge in [0, 0.05) is 51.9 Å². The molecule has 7 aromatic rings. The Labute approximate surface area is 303 Å². The number of rotatable bonds is 3. The summed E-state index contributed by atoms with van der Waals surface area (Å²) in [6, 6.07) is 46.3. The Bertz CT molecular complexity index is 2440. The molecule has 0 saturated heterocycles. The number of aromatic nitrogens is 2. The van der Waals surface area contributed by atoms with Crippen LogP contribution in [0, 0.1) is 25.8 Å². The maximum Gasteiger partial charge on any atom is 0.241 e. The number of benzene rings is 5. The molecule has 0 fully saturated rings. The van der Waals surface area contributed by atoms with Crippen LogP contribution in [0.1, 0.15) is 19.4 Å². The molecule has 4 heterocycles. The molecule has 4 nitrogen and oxygen atoms in total. The molecule has 0 spiro atoms. The fourth-order valence-corrected chi connectivity index (χ4v) is 6.09. The van der Waals surface area contributed by atoms with E-state index in [0.29, 0.717) is 22.6 Å². The van der Waals surface area contributed by atoms with E-state index in [1.54, 1.807) is 18.2 Å². The van der Waals surface area contributed by atoms with Crippen molar-refractivity contribution in [3.63, 3.8) is 0 Å². The SMILES string of the molecule is [2H]C([2H])([2H])c1ccc(-c2[c-]cccc2)nc1.[2H]C([2H])([2H])c1cnc(-c2[c-]ccc3c2Oc2cccc4c2B3c2ccccc2O4)cc1-c1ccccc1.[Ir]. The zero-order valence-corrected chi connectivity index (χ0v) is 27.8. The maximum absolute atomic E-state index is 8.07. The van der Waals surface area contributed by atoms with Crippen molar-refractivity contribution in [3.8, 4) is 56.6 Å². The first-order valence-corrected chi connectivity index (χ1v) is 15.2. The Morgan fingerprint density at radius 2 is 1.44 bits per heavy atom. The predicted octanol–water partition coefficient (Wildman–Crippen LogP) is 8.11. The van der Waals surface area contributed by atoms with Gasteiger partial charge in [0.05, 0.1) is 0 Å². The molecule has 0 N–H and O–H groups in total. The van der Waals surface area contributed by atoms with E-state index in [-0.39, 0.29) is 37.9 Å².